The monoisotopic (exact) mass is 310 g/mol. The Kier molecular flexibility index (Phi) is 2.86. The van der Waals surface area contributed by atoms with Crippen molar-refractivity contribution >= 4 is 15.9 Å². The van der Waals surface area contributed by atoms with Crippen molar-refractivity contribution in [3.05, 3.63) is 56.2 Å². The van der Waals surface area contributed by atoms with E-state index < -0.39 is 0 Å². The topological polar surface area (TPSA) is 37.8 Å². The summed E-state index contributed by atoms with van der Waals surface area (Å²) >= 11 is 3.33. The third-order valence-corrected chi connectivity index (χ3v) is 3.91. The molecule has 0 atom stereocenters. The molecule has 0 bridgehead atoms. The van der Waals surface area contributed by atoms with Crippen LogP contribution in [0.2, 0.25) is 0 Å². The molecule has 1 N–H and O–H groups in total. The van der Waals surface area contributed by atoms with E-state index in [4.69, 9.17) is 0 Å². The molecule has 1 saturated carbocycles. The van der Waals surface area contributed by atoms with Crippen LogP contribution < -0.4 is 5.56 Å². The van der Waals surface area contributed by atoms with Crippen LogP contribution in [0.1, 0.15) is 30.0 Å². The molecule has 3 rings (SSSR count). The van der Waals surface area contributed by atoms with Gasteiger partial charge in [0.1, 0.15) is 10.3 Å². The molecule has 94 valence electrons. The van der Waals surface area contributed by atoms with E-state index in [1.165, 1.54) is 16.8 Å². The number of aromatic amines is 1. The molecule has 0 saturated heterocycles. The van der Waals surface area contributed by atoms with Gasteiger partial charge in [0.25, 0.3) is 5.56 Å². The number of rotatable bonds is 3. The highest BCUT2D eigenvalue weighted by atomic mass is 79.9. The zero-order valence-corrected chi connectivity index (χ0v) is 11.2. The van der Waals surface area contributed by atoms with Gasteiger partial charge >= 0.3 is 0 Å². The van der Waals surface area contributed by atoms with Gasteiger partial charge in [0.05, 0.1) is 12.2 Å². The smallest absolute Gasteiger partial charge is 0.281 e. The lowest BCUT2D eigenvalue weighted by Crippen LogP contribution is -2.17. The number of nitrogens with one attached hydrogen (secondary N) is 1. The van der Waals surface area contributed by atoms with Crippen molar-refractivity contribution in [3.63, 3.8) is 0 Å². The molecule has 1 fully saturated rings. The minimum Gasteiger partial charge on any atom is -0.298 e. The molecule has 18 heavy (non-hydrogen) atoms. The van der Waals surface area contributed by atoms with Gasteiger partial charge in [0.2, 0.25) is 0 Å². The van der Waals surface area contributed by atoms with Crippen LogP contribution in [0.15, 0.2) is 33.5 Å². The number of nitrogens with zero attached hydrogens (tertiary/aromatic N) is 1. The van der Waals surface area contributed by atoms with Gasteiger partial charge < -0.3 is 0 Å². The predicted molar refractivity (Wildman–Crippen MR) is 70.2 cm³/mol. The second-order valence-corrected chi connectivity index (χ2v) is 5.43. The van der Waals surface area contributed by atoms with E-state index in [0.29, 0.717) is 16.9 Å². The van der Waals surface area contributed by atoms with E-state index in [2.05, 4.69) is 21.0 Å². The van der Waals surface area contributed by atoms with Crippen molar-refractivity contribution in [1.82, 2.24) is 9.78 Å². The Morgan fingerprint density at radius 2 is 2.22 bits per heavy atom. The number of benzene rings is 1. The third-order valence-electron chi connectivity index (χ3n) is 3.14. The van der Waals surface area contributed by atoms with Crippen LogP contribution in [0, 0.1) is 5.82 Å². The fourth-order valence-corrected chi connectivity index (χ4v) is 2.68. The van der Waals surface area contributed by atoms with E-state index >= 15 is 0 Å². The summed E-state index contributed by atoms with van der Waals surface area (Å²) in [6, 6.07) is 6.29. The maximum absolute atomic E-state index is 13.1. The van der Waals surface area contributed by atoms with Crippen LogP contribution in [0.25, 0.3) is 0 Å². The number of halogens is 2. The molecule has 0 aliphatic heterocycles. The fourth-order valence-electron chi connectivity index (χ4n) is 2.05. The van der Waals surface area contributed by atoms with Crippen LogP contribution in [-0.2, 0) is 6.54 Å². The van der Waals surface area contributed by atoms with Crippen LogP contribution in [-0.4, -0.2) is 9.78 Å². The van der Waals surface area contributed by atoms with E-state index in [0.717, 1.165) is 24.1 Å². The van der Waals surface area contributed by atoms with Crippen molar-refractivity contribution in [2.75, 3.05) is 0 Å². The predicted octanol–water partition coefficient (Wildman–Crippen LogP) is 3.00. The summed E-state index contributed by atoms with van der Waals surface area (Å²) in [7, 11) is 0. The van der Waals surface area contributed by atoms with Crippen molar-refractivity contribution < 1.29 is 4.39 Å². The van der Waals surface area contributed by atoms with Gasteiger partial charge in [0.15, 0.2) is 0 Å². The second-order valence-electron chi connectivity index (χ2n) is 4.63. The number of hydrogen-bond acceptors (Lipinski definition) is 1. The van der Waals surface area contributed by atoms with Crippen LogP contribution in [0.5, 0.6) is 0 Å². The normalized spacial score (nSPS) is 15.0. The first-order valence-corrected chi connectivity index (χ1v) is 6.67. The van der Waals surface area contributed by atoms with Crippen LogP contribution in [0.4, 0.5) is 4.39 Å². The van der Waals surface area contributed by atoms with Gasteiger partial charge in [-0.05, 0) is 46.5 Å². The number of hydrogen-bond donors (Lipinski definition) is 1. The Morgan fingerprint density at radius 3 is 2.89 bits per heavy atom. The van der Waals surface area contributed by atoms with E-state index in [-0.39, 0.29) is 11.4 Å². The van der Waals surface area contributed by atoms with Crippen molar-refractivity contribution in [3.8, 4) is 0 Å². The molecular weight excluding hydrogens is 299 g/mol. The lowest BCUT2D eigenvalue weighted by Gasteiger charge is -2.02. The fraction of sp³-hybridized carbons (Fsp3) is 0.308. The molecule has 1 heterocycles. The number of H-pyrrole nitrogens is 1. The molecule has 0 spiro atoms. The van der Waals surface area contributed by atoms with Crippen molar-refractivity contribution in [1.29, 1.82) is 0 Å². The summed E-state index contributed by atoms with van der Waals surface area (Å²) in [5.74, 6) is 0.189. The second kappa shape index (κ2) is 4.39. The van der Waals surface area contributed by atoms with E-state index in [9.17, 15) is 9.18 Å². The Balaban J connectivity index is 1.93. The first-order chi connectivity index (χ1) is 8.65. The first kappa shape index (κ1) is 11.7. The largest absolute Gasteiger partial charge is 0.298 e. The van der Waals surface area contributed by atoms with Gasteiger partial charge in [-0.1, -0.05) is 12.1 Å². The number of aromatic nitrogens is 2. The zero-order valence-electron chi connectivity index (χ0n) is 9.62. The van der Waals surface area contributed by atoms with E-state index in [1.807, 2.05) is 0 Å². The van der Waals surface area contributed by atoms with Gasteiger partial charge in [-0.25, -0.2) is 9.07 Å². The molecule has 1 aromatic carbocycles. The minimum absolute atomic E-state index is 0.0823. The Labute approximate surface area is 112 Å². The minimum atomic E-state index is -0.284. The van der Waals surface area contributed by atoms with Crippen molar-refractivity contribution in [2.24, 2.45) is 0 Å². The molecule has 0 amide bonds. The van der Waals surface area contributed by atoms with Gasteiger partial charge in [-0.3, -0.25) is 9.89 Å². The van der Waals surface area contributed by atoms with Crippen molar-refractivity contribution in [2.45, 2.75) is 25.3 Å². The highest BCUT2D eigenvalue weighted by Gasteiger charge is 2.29. The molecule has 2 aromatic rings. The molecule has 1 aliphatic carbocycles. The molecule has 0 radical (unpaired) electrons. The Morgan fingerprint density at radius 1 is 1.44 bits per heavy atom. The zero-order chi connectivity index (χ0) is 12.7. The third kappa shape index (κ3) is 2.14. The average molecular weight is 311 g/mol. The highest BCUT2D eigenvalue weighted by molar-refractivity contribution is 9.10. The lowest BCUT2D eigenvalue weighted by molar-refractivity contribution is 0.614. The molecular formula is C13H12BrFN2O. The Hall–Kier alpha value is -1.36. The van der Waals surface area contributed by atoms with E-state index in [1.54, 1.807) is 12.1 Å². The summed E-state index contributed by atoms with van der Waals surface area (Å²) in [6.07, 6.45) is 2.25. The highest BCUT2D eigenvalue weighted by Crippen LogP contribution is 2.41. The summed E-state index contributed by atoms with van der Waals surface area (Å²) < 4.78 is 15.2. The Bertz CT molecular complexity index is 643. The van der Waals surface area contributed by atoms with Crippen LogP contribution >= 0.6 is 15.9 Å². The molecule has 3 nitrogen and oxygen atoms in total. The molecule has 5 heteroatoms. The van der Waals surface area contributed by atoms with Gasteiger partial charge in [-0.15, -0.1) is 0 Å². The average Bonchev–Trinajstić information content (AvgIpc) is 3.13. The van der Waals surface area contributed by atoms with Crippen LogP contribution in [0.3, 0.4) is 0 Å². The molecule has 0 unspecified atom stereocenters. The maximum Gasteiger partial charge on any atom is 0.281 e. The summed E-state index contributed by atoms with van der Waals surface area (Å²) in [4.78, 5) is 12.0. The maximum atomic E-state index is 13.1. The van der Waals surface area contributed by atoms with Gasteiger partial charge in [0, 0.05) is 5.92 Å². The first-order valence-electron chi connectivity index (χ1n) is 5.88. The summed E-state index contributed by atoms with van der Waals surface area (Å²) in [5.41, 5.74) is 1.66. The summed E-state index contributed by atoms with van der Waals surface area (Å²) in [5, 5.41) is 3.11. The standard InChI is InChI=1S/C13H12BrFN2O/c14-11-12(9-4-5-9)16-17(13(11)18)7-8-2-1-3-10(15)6-8/h1-3,6,9,16H,4-5,7H2. The molecule has 1 aromatic heterocycles. The van der Waals surface area contributed by atoms with Gasteiger partial charge in [-0.2, -0.15) is 0 Å². The quantitative estimate of drug-likeness (QED) is 0.930. The molecule has 1 aliphatic rings. The summed E-state index contributed by atoms with van der Waals surface area (Å²) in [6.45, 7) is 0.363. The lowest BCUT2D eigenvalue weighted by atomic mass is 10.2. The SMILES string of the molecule is O=c1c(Br)c(C2CC2)[nH]n1Cc1cccc(F)c1.